The molecule has 0 amide bonds. The van der Waals surface area contributed by atoms with Gasteiger partial charge < -0.3 is 4.42 Å². The summed E-state index contributed by atoms with van der Waals surface area (Å²) in [6, 6.07) is 12.7. The second-order valence-corrected chi connectivity index (χ2v) is 20.6. The van der Waals surface area contributed by atoms with Crippen LogP contribution in [0.1, 0.15) is 0 Å². The number of benzene rings is 7. The molecule has 0 radical (unpaired) electrons. The van der Waals surface area contributed by atoms with Gasteiger partial charge in [-0.25, -0.2) is 15.0 Å². The standard InChI is InChI=1S/C43H48B21N3O/c44-8-6-9(45)11(20(46)10(8)13-22(48)25(51)16(26(52)23(13)49)14-21(47)15-17(27(53)24(14)50)29(55)33(59)32(58)28(15)54)42-65-41(7-4-2-1-3-5-7)66-43(67-42)19-12-18-30(56)34(60)36(62)38(64)40(18)68-39(12)37(63)35(61)31(19)57/h1-6H,44-64H2. The van der Waals surface area contributed by atoms with Gasteiger partial charge in [0.2, 0.25) is 0 Å². The maximum atomic E-state index is 6.94. The predicted octanol–water partition coefficient (Wildman–Crippen LogP) is -25.3. The average molecular weight is 850 g/mol. The first-order valence-corrected chi connectivity index (χ1v) is 24.5. The van der Waals surface area contributed by atoms with Crippen molar-refractivity contribution in [2.75, 3.05) is 0 Å². The number of hydrogen-bond donors (Lipinski definition) is 0. The number of fused-ring (bicyclic) bond motifs is 4. The van der Waals surface area contributed by atoms with E-state index in [1.54, 1.807) is 0 Å². The number of furan rings is 1. The Balaban J connectivity index is 1.33. The van der Waals surface area contributed by atoms with Crippen LogP contribution in [0, 0.1) is 0 Å². The van der Waals surface area contributed by atoms with E-state index in [1.807, 2.05) is 6.07 Å². The Labute approximate surface area is 421 Å². The first-order valence-electron chi connectivity index (χ1n) is 24.5. The second-order valence-electron chi connectivity index (χ2n) is 20.6. The Hall–Kier alpha value is -5.03. The van der Waals surface area contributed by atoms with Crippen molar-refractivity contribution >= 4 is 312 Å². The molecule has 25 heteroatoms. The van der Waals surface area contributed by atoms with Crippen LogP contribution in [0.3, 0.4) is 0 Å². The molecular weight excluding hydrogens is 802 g/mol. The zero-order chi connectivity index (χ0) is 49.4. The third kappa shape index (κ3) is 6.85. The van der Waals surface area contributed by atoms with Crippen molar-refractivity contribution in [2.45, 2.75) is 0 Å². The molecule has 0 N–H and O–H groups in total. The summed E-state index contributed by atoms with van der Waals surface area (Å²) < 4.78 is 6.94. The van der Waals surface area contributed by atoms with Gasteiger partial charge in [0, 0.05) is 27.5 Å². The highest BCUT2D eigenvalue weighted by molar-refractivity contribution is 6.74. The first-order chi connectivity index (χ1) is 32.0. The maximum absolute atomic E-state index is 6.94. The molecule has 68 heavy (non-hydrogen) atoms. The van der Waals surface area contributed by atoms with E-state index in [2.05, 4.69) is 195 Å². The molecule has 0 aliphatic rings. The van der Waals surface area contributed by atoms with Gasteiger partial charge >= 0.3 is 0 Å². The fraction of sp³-hybridized carbons (Fsp3) is 0. The molecular formula is C43H48B21N3O. The molecule has 0 atom stereocenters. The van der Waals surface area contributed by atoms with E-state index < -0.39 is 0 Å². The zero-order valence-corrected chi connectivity index (χ0v) is 44.7. The molecule has 0 bridgehead atoms. The minimum absolute atomic E-state index is 0.653. The van der Waals surface area contributed by atoms with Gasteiger partial charge in [-0.3, -0.25) is 0 Å². The van der Waals surface area contributed by atoms with E-state index in [4.69, 9.17) is 19.4 Å². The van der Waals surface area contributed by atoms with Crippen molar-refractivity contribution in [3.05, 3.63) is 36.4 Å². The van der Waals surface area contributed by atoms with Gasteiger partial charge in [0.1, 0.15) is 176 Å². The Morgan fingerprint density at radius 1 is 0.265 bits per heavy atom. The predicted molar refractivity (Wildman–Crippen MR) is 364 cm³/mol. The normalized spacial score (nSPS) is 11.6. The van der Waals surface area contributed by atoms with Crippen LogP contribution < -0.4 is 115 Å². The van der Waals surface area contributed by atoms with Gasteiger partial charge in [0.05, 0.1) is 0 Å². The summed E-state index contributed by atoms with van der Waals surface area (Å²) in [7, 11) is 47.8. The molecule has 9 aromatic rings. The molecule has 7 aromatic carbocycles. The highest BCUT2D eigenvalue weighted by atomic mass is 16.3. The summed E-state index contributed by atoms with van der Waals surface area (Å²) in [5.74, 6) is 1.99. The van der Waals surface area contributed by atoms with E-state index in [9.17, 15) is 0 Å². The molecule has 0 aliphatic heterocycles. The Kier molecular flexibility index (Phi) is 12.1. The minimum Gasteiger partial charge on any atom is -0.457 e. The number of rotatable bonds is 5. The third-order valence-corrected chi connectivity index (χ3v) is 17.4. The molecule has 0 aliphatic carbocycles. The monoisotopic (exact) mass is 854 g/mol. The lowest BCUT2D eigenvalue weighted by Gasteiger charge is -2.30. The SMILES string of the molecule is Bc1cc(B)c(-c2c(B)c(B)c(-c3c(B)c(B)c4c(B)c(B)c(B)c(B)c4c3B)c(B)c2B)c(B)c1-c1nc(-c2ccccc2)nc(-c2c(B)c(B)c(B)c3oc4c(B)c(B)c(B)c(B)c4c23)n1. The second kappa shape index (κ2) is 17.1. The number of nitrogens with zero attached hydrogens (tertiary/aromatic N) is 3. The first kappa shape index (κ1) is 48.0. The smallest absolute Gasteiger partial charge is 0.164 e. The van der Waals surface area contributed by atoms with Crippen molar-refractivity contribution in [3.63, 3.8) is 0 Å². The van der Waals surface area contributed by atoms with Gasteiger partial charge in [-0.1, -0.05) is 135 Å². The van der Waals surface area contributed by atoms with Crippen LogP contribution in [0.15, 0.2) is 40.8 Å². The largest absolute Gasteiger partial charge is 0.457 e. The molecule has 4 nitrogen and oxygen atoms in total. The van der Waals surface area contributed by atoms with Crippen LogP contribution in [0.25, 0.3) is 89.1 Å². The van der Waals surface area contributed by atoms with Crippen LogP contribution in [0.4, 0.5) is 0 Å². The van der Waals surface area contributed by atoms with Crippen LogP contribution in [-0.4, -0.2) is 180 Å². The summed E-state index contributed by atoms with van der Waals surface area (Å²) in [5, 5.41) is 5.07. The average Bonchev–Trinajstić information content (AvgIpc) is 3.71. The lowest BCUT2D eigenvalue weighted by molar-refractivity contribution is 0.675. The molecule has 304 valence electrons. The zero-order valence-electron chi connectivity index (χ0n) is 44.7. The molecule has 0 unspecified atom stereocenters. The summed E-state index contributed by atoms with van der Waals surface area (Å²) >= 11 is 0. The van der Waals surface area contributed by atoms with E-state index in [1.165, 1.54) is 131 Å². The van der Waals surface area contributed by atoms with Crippen molar-refractivity contribution in [1.82, 2.24) is 15.0 Å². The fourth-order valence-electron chi connectivity index (χ4n) is 12.3. The Morgan fingerprint density at radius 3 is 1.16 bits per heavy atom. The van der Waals surface area contributed by atoms with Gasteiger partial charge in [-0.15, -0.1) is 16.4 Å². The fourth-order valence-corrected chi connectivity index (χ4v) is 12.3. The highest BCUT2D eigenvalue weighted by Gasteiger charge is 2.28. The molecule has 0 saturated carbocycles. The van der Waals surface area contributed by atoms with Gasteiger partial charge in [0.25, 0.3) is 0 Å². The summed E-state index contributed by atoms with van der Waals surface area (Å²) in [5.41, 5.74) is 37.2. The highest BCUT2D eigenvalue weighted by Crippen LogP contribution is 2.33. The van der Waals surface area contributed by atoms with E-state index in [0.29, 0.717) is 17.5 Å². The topological polar surface area (TPSA) is 51.8 Å². The van der Waals surface area contributed by atoms with Crippen molar-refractivity contribution in [3.8, 4) is 56.4 Å². The Morgan fingerprint density at radius 2 is 0.618 bits per heavy atom. The molecule has 9 rings (SSSR count). The van der Waals surface area contributed by atoms with Crippen molar-refractivity contribution < 1.29 is 4.42 Å². The van der Waals surface area contributed by atoms with E-state index in [0.717, 1.165) is 55.0 Å². The van der Waals surface area contributed by atoms with E-state index >= 15 is 0 Å². The Bertz CT molecular complexity index is 3740. The van der Waals surface area contributed by atoms with Crippen LogP contribution in [0.5, 0.6) is 0 Å². The quantitative estimate of drug-likeness (QED) is 0.162. The molecule has 0 spiro atoms. The number of aromatic nitrogens is 3. The van der Waals surface area contributed by atoms with E-state index in [-0.39, 0.29) is 0 Å². The molecule has 2 heterocycles. The van der Waals surface area contributed by atoms with Crippen LogP contribution >= 0.6 is 0 Å². The van der Waals surface area contributed by atoms with Gasteiger partial charge in [-0.2, -0.15) is 0 Å². The summed E-state index contributed by atoms with van der Waals surface area (Å²) in [6.07, 6.45) is 0. The van der Waals surface area contributed by atoms with Crippen molar-refractivity contribution in [1.29, 1.82) is 0 Å². The molecule has 0 fully saturated rings. The molecule has 0 saturated heterocycles. The summed E-state index contributed by atoms with van der Waals surface area (Å²) in [4.78, 5) is 16.4. The number of hydrogen-bond acceptors (Lipinski definition) is 4. The minimum atomic E-state index is 0.653. The van der Waals surface area contributed by atoms with Gasteiger partial charge in [-0.05, 0) is 33.0 Å². The maximum Gasteiger partial charge on any atom is 0.164 e. The summed E-state index contributed by atoms with van der Waals surface area (Å²) in [6.45, 7) is 0. The third-order valence-electron chi connectivity index (χ3n) is 17.4. The molecule has 2 aromatic heterocycles. The van der Waals surface area contributed by atoms with Gasteiger partial charge in [0.15, 0.2) is 17.5 Å². The lowest BCUT2D eigenvalue weighted by Crippen LogP contribution is -2.53. The van der Waals surface area contributed by atoms with Crippen molar-refractivity contribution in [2.24, 2.45) is 0 Å². The van der Waals surface area contributed by atoms with Crippen LogP contribution in [0.2, 0.25) is 0 Å². The van der Waals surface area contributed by atoms with Crippen LogP contribution in [-0.2, 0) is 0 Å². The lowest BCUT2D eigenvalue weighted by atomic mass is 9.55.